The summed E-state index contributed by atoms with van der Waals surface area (Å²) in [7, 11) is 0. The molecule has 0 aliphatic carbocycles. The Morgan fingerprint density at radius 2 is 1.93 bits per heavy atom. The molecule has 0 saturated carbocycles. The van der Waals surface area contributed by atoms with Crippen LogP contribution in [-0.4, -0.2) is 58.6 Å². The summed E-state index contributed by atoms with van der Waals surface area (Å²) in [5.74, 6) is -0.890. The molecular weight excluding hydrogens is 378 g/mol. The summed E-state index contributed by atoms with van der Waals surface area (Å²) < 4.78 is 23.3. The van der Waals surface area contributed by atoms with Crippen LogP contribution in [0.25, 0.3) is 11.3 Å². The Bertz CT molecular complexity index is 851. The lowest BCUT2D eigenvalue weighted by Gasteiger charge is -2.31. The van der Waals surface area contributed by atoms with Crippen molar-refractivity contribution < 1.29 is 28.5 Å². The summed E-state index contributed by atoms with van der Waals surface area (Å²) in [5, 5.41) is 8.25. The third-order valence-corrected chi connectivity index (χ3v) is 4.10. The van der Waals surface area contributed by atoms with Gasteiger partial charge in [0.05, 0.1) is 19.3 Å². The van der Waals surface area contributed by atoms with E-state index in [0.717, 1.165) is 11.3 Å². The molecule has 1 aliphatic heterocycles. The molecule has 0 saturated heterocycles. The SMILES string of the molecule is CC(=O)OC[C@H]1O[C@H](OCCn2cc(-c3ccccc3)nn2)C=C[C@@H]1OC(C)=O. The first-order valence-electron chi connectivity index (χ1n) is 9.23. The number of hydrogen-bond donors (Lipinski definition) is 0. The van der Waals surface area contributed by atoms with Crippen LogP contribution in [0.1, 0.15) is 13.8 Å². The Morgan fingerprint density at radius 3 is 2.66 bits per heavy atom. The number of ether oxygens (including phenoxy) is 4. The van der Waals surface area contributed by atoms with Gasteiger partial charge in [0.1, 0.15) is 24.5 Å². The molecule has 0 fully saturated rings. The molecule has 1 aromatic carbocycles. The smallest absolute Gasteiger partial charge is 0.303 e. The fourth-order valence-corrected chi connectivity index (χ4v) is 2.77. The van der Waals surface area contributed by atoms with E-state index in [1.165, 1.54) is 13.8 Å². The van der Waals surface area contributed by atoms with Gasteiger partial charge in [-0.15, -0.1) is 5.10 Å². The normalized spacial score (nSPS) is 21.0. The lowest BCUT2D eigenvalue weighted by molar-refractivity contribution is -0.197. The van der Waals surface area contributed by atoms with Crippen LogP contribution in [0.3, 0.4) is 0 Å². The largest absolute Gasteiger partial charge is 0.463 e. The van der Waals surface area contributed by atoms with Gasteiger partial charge in [0.2, 0.25) is 0 Å². The number of nitrogens with zero attached hydrogens (tertiary/aromatic N) is 3. The molecule has 0 N–H and O–H groups in total. The summed E-state index contributed by atoms with van der Waals surface area (Å²) >= 11 is 0. The van der Waals surface area contributed by atoms with E-state index in [1.807, 2.05) is 36.5 Å². The van der Waals surface area contributed by atoms with Gasteiger partial charge in [0.15, 0.2) is 6.29 Å². The second kappa shape index (κ2) is 9.94. The second-order valence-corrected chi connectivity index (χ2v) is 6.41. The topological polar surface area (TPSA) is 102 Å². The Labute approximate surface area is 168 Å². The summed E-state index contributed by atoms with van der Waals surface area (Å²) in [4.78, 5) is 22.3. The van der Waals surface area contributed by atoms with Gasteiger partial charge in [0, 0.05) is 19.4 Å². The fourth-order valence-electron chi connectivity index (χ4n) is 2.77. The minimum Gasteiger partial charge on any atom is -0.463 e. The average Bonchev–Trinajstić information content (AvgIpc) is 3.17. The third-order valence-electron chi connectivity index (χ3n) is 4.10. The maximum Gasteiger partial charge on any atom is 0.303 e. The summed E-state index contributed by atoms with van der Waals surface area (Å²) in [6, 6.07) is 9.77. The Kier molecular flexibility index (Phi) is 7.09. The molecule has 3 rings (SSSR count). The van der Waals surface area contributed by atoms with Crippen molar-refractivity contribution in [3.05, 3.63) is 48.7 Å². The molecule has 2 heterocycles. The molecular formula is C20H23N3O6. The van der Waals surface area contributed by atoms with Crippen molar-refractivity contribution in [2.24, 2.45) is 0 Å². The maximum absolute atomic E-state index is 11.2. The highest BCUT2D eigenvalue weighted by atomic mass is 16.7. The van der Waals surface area contributed by atoms with E-state index >= 15 is 0 Å². The molecule has 0 amide bonds. The Hall–Kier alpha value is -3.04. The van der Waals surface area contributed by atoms with Crippen molar-refractivity contribution in [1.29, 1.82) is 0 Å². The number of aromatic nitrogens is 3. The first kappa shape index (κ1) is 20.7. The highest BCUT2D eigenvalue weighted by Crippen LogP contribution is 2.18. The van der Waals surface area contributed by atoms with E-state index in [-0.39, 0.29) is 6.61 Å². The summed E-state index contributed by atoms with van der Waals surface area (Å²) in [6.07, 6.45) is 3.24. The lowest BCUT2D eigenvalue weighted by atomic mass is 10.1. The fraction of sp³-hybridized carbons (Fsp3) is 0.400. The van der Waals surface area contributed by atoms with Gasteiger partial charge in [-0.2, -0.15) is 0 Å². The van der Waals surface area contributed by atoms with Gasteiger partial charge < -0.3 is 18.9 Å². The van der Waals surface area contributed by atoms with Gasteiger partial charge in [0.25, 0.3) is 0 Å². The van der Waals surface area contributed by atoms with Gasteiger partial charge >= 0.3 is 11.9 Å². The zero-order valence-corrected chi connectivity index (χ0v) is 16.3. The van der Waals surface area contributed by atoms with Gasteiger partial charge in [-0.25, -0.2) is 4.68 Å². The van der Waals surface area contributed by atoms with Crippen LogP contribution in [0.5, 0.6) is 0 Å². The highest BCUT2D eigenvalue weighted by molar-refractivity contribution is 5.67. The van der Waals surface area contributed by atoms with Crippen molar-refractivity contribution in [3.63, 3.8) is 0 Å². The van der Waals surface area contributed by atoms with Crippen LogP contribution in [0.15, 0.2) is 48.7 Å². The van der Waals surface area contributed by atoms with Crippen molar-refractivity contribution in [2.75, 3.05) is 13.2 Å². The minimum absolute atomic E-state index is 0.0407. The highest BCUT2D eigenvalue weighted by Gasteiger charge is 2.31. The van der Waals surface area contributed by atoms with E-state index in [0.29, 0.717) is 13.2 Å². The molecule has 1 aromatic heterocycles. The third kappa shape index (κ3) is 6.23. The first-order chi connectivity index (χ1) is 14.0. The number of benzene rings is 1. The van der Waals surface area contributed by atoms with Crippen LogP contribution in [0, 0.1) is 0 Å². The predicted molar refractivity (Wildman–Crippen MR) is 101 cm³/mol. The van der Waals surface area contributed by atoms with E-state index in [2.05, 4.69) is 10.3 Å². The Balaban J connectivity index is 1.51. The van der Waals surface area contributed by atoms with Crippen LogP contribution in [-0.2, 0) is 35.1 Å². The molecule has 9 nitrogen and oxygen atoms in total. The second-order valence-electron chi connectivity index (χ2n) is 6.41. The molecule has 2 aromatic rings. The monoisotopic (exact) mass is 401 g/mol. The maximum atomic E-state index is 11.2. The number of esters is 2. The van der Waals surface area contributed by atoms with Crippen molar-refractivity contribution in [1.82, 2.24) is 15.0 Å². The molecule has 29 heavy (non-hydrogen) atoms. The van der Waals surface area contributed by atoms with E-state index < -0.39 is 30.4 Å². The van der Waals surface area contributed by atoms with Gasteiger partial charge in [-0.1, -0.05) is 35.5 Å². The van der Waals surface area contributed by atoms with Gasteiger partial charge in [-0.05, 0) is 12.2 Å². The zero-order chi connectivity index (χ0) is 20.6. The lowest BCUT2D eigenvalue weighted by Crippen LogP contribution is -2.42. The molecule has 0 radical (unpaired) electrons. The predicted octanol–water partition coefficient (Wildman–Crippen LogP) is 1.74. The van der Waals surface area contributed by atoms with E-state index in [9.17, 15) is 9.59 Å². The van der Waals surface area contributed by atoms with Crippen molar-refractivity contribution in [3.8, 4) is 11.3 Å². The van der Waals surface area contributed by atoms with Crippen LogP contribution < -0.4 is 0 Å². The molecule has 0 unspecified atom stereocenters. The van der Waals surface area contributed by atoms with Crippen LogP contribution in [0.2, 0.25) is 0 Å². The zero-order valence-electron chi connectivity index (χ0n) is 16.3. The van der Waals surface area contributed by atoms with Crippen molar-refractivity contribution >= 4 is 11.9 Å². The van der Waals surface area contributed by atoms with Crippen LogP contribution in [0.4, 0.5) is 0 Å². The van der Waals surface area contributed by atoms with E-state index in [1.54, 1.807) is 16.8 Å². The van der Waals surface area contributed by atoms with Crippen molar-refractivity contribution in [2.45, 2.75) is 38.9 Å². The molecule has 154 valence electrons. The quantitative estimate of drug-likeness (QED) is 0.487. The van der Waals surface area contributed by atoms with Gasteiger partial charge in [-0.3, -0.25) is 9.59 Å². The molecule has 0 spiro atoms. The molecule has 0 bridgehead atoms. The standard InChI is InChI=1S/C20H23N3O6/c1-14(24)27-13-19-18(28-15(2)25)8-9-20(29-19)26-11-10-23-12-17(21-22-23)16-6-4-3-5-7-16/h3-9,12,18-20H,10-11,13H2,1-2H3/t18-,19+,20-/m0/s1. The average molecular weight is 401 g/mol. The first-order valence-corrected chi connectivity index (χ1v) is 9.23. The van der Waals surface area contributed by atoms with E-state index in [4.69, 9.17) is 18.9 Å². The number of hydrogen-bond acceptors (Lipinski definition) is 8. The van der Waals surface area contributed by atoms with Crippen LogP contribution >= 0.6 is 0 Å². The number of carbonyl (C=O) groups is 2. The minimum atomic E-state index is -0.653. The summed E-state index contributed by atoms with van der Waals surface area (Å²) in [5.41, 5.74) is 1.77. The molecule has 1 aliphatic rings. The molecule has 3 atom stereocenters. The Morgan fingerprint density at radius 1 is 1.14 bits per heavy atom. The number of carbonyl (C=O) groups excluding carboxylic acids is 2. The molecule has 9 heteroatoms. The summed E-state index contributed by atoms with van der Waals surface area (Å²) in [6.45, 7) is 3.37. The number of rotatable bonds is 8.